The molecule has 0 amide bonds. The molecule has 0 aliphatic carbocycles. The quantitative estimate of drug-likeness (QED) is 0.246. The smallest absolute Gasteiger partial charge is 0.330 e. The van der Waals surface area contributed by atoms with E-state index in [9.17, 15) is 5.11 Å². The van der Waals surface area contributed by atoms with Gasteiger partial charge in [0.15, 0.2) is 17.5 Å². The molecule has 4 aromatic carbocycles. The van der Waals surface area contributed by atoms with E-state index in [1.54, 1.807) is 21.3 Å². The zero-order valence-electron chi connectivity index (χ0n) is 22.7. The molecule has 0 atom stereocenters. The van der Waals surface area contributed by atoms with Gasteiger partial charge in [0.1, 0.15) is 0 Å². The van der Waals surface area contributed by atoms with Gasteiger partial charge in [0.05, 0.1) is 11.2 Å². The average Bonchev–Trinajstić information content (AvgIpc) is 2.96. The predicted octanol–water partition coefficient (Wildman–Crippen LogP) is 6.35. The van der Waals surface area contributed by atoms with Crippen molar-refractivity contribution in [2.75, 3.05) is 0 Å². The van der Waals surface area contributed by atoms with E-state index in [0.717, 1.165) is 33.3 Å². The topological polar surface area (TPSA) is 68.1 Å². The SMILES string of the molecule is CC(C)(O)C(C)(C)O[B]c1ccc(-c2cccc(-c3nc(-c4ccccc4)nc(-c4ccccc4)n3)c2)cc1. The lowest BCUT2D eigenvalue weighted by atomic mass is 9.82. The molecule has 193 valence electrons. The Morgan fingerprint density at radius 3 is 1.51 bits per heavy atom. The zero-order valence-corrected chi connectivity index (χ0v) is 22.7. The largest absolute Gasteiger partial charge is 0.427 e. The summed E-state index contributed by atoms with van der Waals surface area (Å²) in [4.78, 5) is 14.5. The van der Waals surface area contributed by atoms with Crippen LogP contribution in [0.2, 0.25) is 0 Å². The van der Waals surface area contributed by atoms with Crippen molar-refractivity contribution in [3.8, 4) is 45.3 Å². The molecule has 5 nitrogen and oxygen atoms in total. The normalized spacial score (nSPS) is 11.8. The molecule has 1 radical (unpaired) electrons. The van der Waals surface area contributed by atoms with Gasteiger partial charge < -0.3 is 9.76 Å². The Morgan fingerprint density at radius 2 is 1.00 bits per heavy atom. The number of rotatable bonds is 8. The number of hydrogen-bond donors (Lipinski definition) is 1. The monoisotopic (exact) mass is 512 g/mol. The first-order chi connectivity index (χ1) is 18.7. The summed E-state index contributed by atoms with van der Waals surface area (Å²) >= 11 is 0. The molecule has 39 heavy (non-hydrogen) atoms. The highest BCUT2D eigenvalue weighted by molar-refractivity contribution is 6.47. The fourth-order valence-corrected chi connectivity index (χ4v) is 3.89. The molecule has 1 N–H and O–H groups in total. The van der Waals surface area contributed by atoms with Gasteiger partial charge in [0.25, 0.3) is 0 Å². The average molecular weight is 512 g/mol. The maximum atomic E-state index is 10.3. The van der Waals surface area contributed by atoms with Crippen molar-refractivity contribution in [2.24, 2.45) is 0 Å². The van der Waals surface area contributed by atoms with Gasteiger partial charge in [-0.25, -0.2) is 15.0 Å². The number of benzene rings is 4. The Kier molecular flexibility index (Phi) is 7.42. The summed E-state index contributed by atoms with van der Waals surface area (Å²) in [5.74, 6) is 1.90. The Balaban J connectivity index is 1.45. The Hall–Kier alpha value is -4.13. The van der Waals surface area contributed by atoms with Crippen LogP contribution in [0.15, 0.2) is 109 Å². The summed E-state index contributed by atoms with van der Waals surface area (Å²) in [6.07, 6.45) is 0. The van der Waals surface area contributed by atoms with Crippen LogP contribution in [0.5, 0.6) is 0 Å². The molecule has 0 fully saturated rings. The van der Waals surface area contributed by atoms with Crippen LogP contribution in [0.4, 0.5) is 0 Å². The first-order valence-corrected chi connectivity index (χ1v) is 13.0. The van der Waals surface area contributed by atoms with Crippen molar-refractivity contribution in [2.45, 2.75) is 38.9 Å². The second-order valence-corrected chi connectivity index (χ2v) is 10.5. The van der Waals surface area contributed by atoms with E-state index >= 15 is 0 Å². The van der Waals surface area contributed by atoms with Crippen molar-refractivity contribution in [1.29, 1.82) is 0 Å². The Bertz CT molecular complexity index is 1490. The van der Waals surface area contributed by atoms with Crippen LogP contribution in [0.25, 0.3) is 45.3 Å². The summed E-state index contributed by atoms with van der Waals surface area (Å²) in [6.45, 7) is 7.23. The first-order valence-electron chi connectivity index (χ1n) is 13.0. The van der Waals surface area contributed by atoms with Crippen LogP contribution >= 0.6 is 0 Å². The maximum absolute atomic E-state index is 10.3. The number of nitrogens with zero attached hydrogens (tertiary/aromatic N) is 3. The number of hydrogen-bond acceptors (Lipinski definition) is 5. The standard InChI is InChI=1S/C33H31BN3O2/c1-32(2,38)33(3,4)39-34-28-20-18-23(19-21-28)26-16-11-17-27(22-26)31-36-29(24-12-7-5-8-13-24)35-30(37-31)25-14-9-6-10-15-25/h5-22,38H,1-4H3. The molecule has 0 aliphatic heterocycles. The summed E-state index contributed by atoms with van der Waals surface area (Å²) in [6, 6.07) is 36.3. The van der Waals surface area contributed by atoms with Gasteiger partial charge in [-0.2, -0.15) is 0 Å². The van der Waals surface area contributed by atoms with E-state index in [-0.39, 0.29) is 0 Å². The molecule has 1 heterocycles. The number of aromatic nitrogens is 3. The van der Waals surface area contributed by atoms with Crippen molar-refractivity contribution >= 4 is 12.9 Å². The van der Waals surface area contributed by atoms with E-state index < -0.39 is 11.2 Å². The molecule has 5 rings (SSSR count). The second-order valence-electron chi connectivity index (χ2n) is 10.5. The van der Waals surface area contributed by atoms with Crippen molar-refractivity contribution in [1.82, 2.24) is 15.0 Å². The molecular formula is C33H31BN3O2. The van der Waals surface area contributed by atoms with E-state index in [1.807, 2.05) is 98.8 Å². The molecule has 6 heteroatoms. The van der Waals surface area contributed by atoms with Crippen molar-refractivity contribution in [3.05, 3.63) is 109 Å². The summed E-state index contributed by atoms with van der Waals surface area (Å²) < 4.78 is 5.90. The second kappa shape index (κ2) is 10.9. The molecule has 0 spiro atoms. The fraction of sp³-hybridized carbons (Fsp3) is 0.182. The predicted molar refractivity (Wildman–Crippen MR) is 158 cm³/mol. The van der Waals surface area contributed by atoms with Crippen LogP contribution in [0, 0.1) is 0 Å². The number of aliphatic hydroxyl groups is 1. The minimum atomic E-state index is -0.973. The van der Waals surface area contributed by atoms with Crippen molar-refractivity contribution in [3.63, 3.8) is 0 Å². The minimum Gasteiger partial charge on any atom is -0.427 e. The molecule has 0 saturated heterocycles. The van der Waals surface area contributed by atoms with Crippen molar-refractivity contribution < 1.29 is 9.76 Å². The summed E-state index contributed by atoms with van der Waals surface area (Å²) in [5.41, 5.74) is 4.14. The lowest BCUT2D eigenvalue weighted by Crippen LogP contribution is -2.49. The lowest BCUT2D eigenvalue weighted by molar-refractivity contribution is -0.0893. The van der Waals surface area contributed by atoms with Crippen LogP contribution < -0.4 is 5.46 Å². The van der Waals surface area contributed by atoms with E-state index in [2.05, 4.69) is 24.3 Å². The molecule has 1 aromatic heterocycles. The Morgan fingerprint density at radius 1 is 0.538 bits per heavy atom. The van der Waals surface area contributed by atoms with Gasteiger partial charge in [0.2, 0.25) is 0 Å². The molecule has 0 aliphatic rings. The van der Waals surface area contributed by atoms with Gasteiger partial charge >= 0.3 is 7.48 Å². The lowest BCUT2D eigenvalue weighted by Gasteiger charge is -2.37. The van der Waals surface area contributed by atoms with Crippen LogP contribution in [0.1, 0.15) is 27.7 Å². The highest BCUT2D eigenvalue weighted by atomic mass is 16.5. The fourth-order valence-electron chi connectivity index (χ4n) is 3.89. The molecule has 5 aromatic rings. The van der Waals surface area contributed by atoms with E-state index in [0.29, 0.717) is 17.5 Å². The minimum absolute atomic E-state index is 0.622. The third-order valence-electron chi connectivity index (χ3n) is 7.03. The van der Waals surface area contributed by atoms with Crippen LogP contribution in [-0.2, 0) is 4.65 Å². The Labute approximate surface area is 230 Å². The molecular weight excluding hydrogens is 481 g/mol. The third kappa shape index (κ3) is 6.14. The zero-order chi connectivity index (χ0) is 27.5. The first kappa shape index (κ1) is 26.5. The van der Waals surface area contributed by atoms with Gasteiger partial charge in [0, 0.05) is 16.7 Å². The van der Waals surface area contributed by atoms with Gasteiger partial charge in [-0.3, -0.25) is 0 Å². The summed E-state index contributed by atoms with van der Waals surface area (Å²) in [5, 5.41) is 10.3. The maximum Gasteiger partial charge on any atom is 0.330 e. The molecule has 0 bridgehead atoms. The molecule has 0 unspecified atom stereocenters. The van der Waals surface area contributed by atoms with Crippen LogP contribution in [-0.4, -0.2) is 38.7 Å². The van der Waals surface area contributed by atoms with Gasteiger partial charge in [-0.05, 0) is 44.9 Å². The highest BCUT2D eigenvalue weighted by Gasteiger charge is 2.35. The van der Waals surface area contributed by atoms with Gasteiger partial charge in [-0.1, -0.05) is 109 Å². The molecule has 0 saturated carbocycles. The van der Waals surface area contributed by atoms with E-state index in [4.69, 9.17) is 19.6 Å². The van der Waals surface area contributed by atoms with Crippen LogP contribution in [0.3, 0.4) is 0 Å². The van der Waals surface area contributed by atoms with Gasteiger partial charge in [-0.15, -0.1) is 0 Å². The summed E-state index contributed by atoms with van der Waals surface area (Å²) in [7, 11) is 1.69. The highest BCUT2D eigenvalue weighted by Crippen LogP contribution is 2.28. The van der Waals surface area contributed by atoms with E-state index in [1.165, 1.54) is 0 Å². The third-order valence-corrected chi connectivity index (χ3v) is 7.03.